The Hall–Kier alpha value is -3.72. The van der Waals surface area contributed by atoms with Gasteiger partial charge in [0.1, 0.15) is 11.7 Å². The lowest BCUT2D eigenvalue weighted by Gasteiger charge is -2.33. The number of fused-ring (bicyclic) bond motifs is 1. The van der Waals surface area contributed by atoms with Crippen molar-refractivity contribution in [2.45, 2.75) is 37.9 Å². The summed E-state index contributed by atoms with van der Waals surface area (Å²) in [5, 5.41) is 16.2. The van der Waals surface area contributed by atoms with Gasteiger partial charge in [-0.25, -0.2) is 15.0 Å². The zero-order valence-corrected chi connectivity index (χ0v) is 19.4. The number of halogens is 3. The Balaban J connectivity index is 1.29. The molecule has 2 aliphatic rings. The Morgan fingerprint density at radius 2 is 2.03 bits per heavy atom. The van der Waals surface area contributed by atoms with Gasteiger partial charge in [0.2, 0.25) is 11.9 Å². The molecule has 2 aliphatic heterocycles. The summed E-state index contributed by atoms with van der Waals surface area (Å²) in [7, 11) is 0. The smallest absolute Gasteiger partial charge is 0.354 e. The molecule has 3 aromatic heterocycles. The highest BCUT2D eigenvalue weighted by Gasteiger charge is 2.32. The number of carbonyl (C=O) groups is 1. The van der Waals surface area contributed by atoms with Gasteiger partial charge < -0.3 is 20.5 Å². The molecule has 0 saturated carbocycles. The number of rotatable bonds is 5. The van der Waals surface area contributed by atoms with E-state index in [0.29, 0.717) is 31.1 Å². The molecule has 2 fully saturated rings. The van der Waals surface area contributed by atoms with E-state index in [1.54, 1.807) is 0 Å². The van der Waals surface area contributed by atoms with Gasteiger partial charge in [0.05, 0.1) is 29.1 Å². The summed E-state index contributed by atoms with van der Waals surface area (Å²) in [5.74, 6) is 0.785. The molecule has 1 amide bonds. The summed E-state index contributed by atoms with van der Waals surface area (Å²) in [6, 6.07) is 2.96. The van der Waals surface area contributed by atoms with Gasteiger partial charge in [-0.3, -0.25) is 4.79 Å². The van der Waals surface area contributed by atoms with E-state index in [1.807, 2.05) is 11.0 Å². The molecule has 3 aromatic rings. The van der Waals surface area contributed by atoms with Gasteiger partial charge in [0.25, 0.3) is 0 Å². The molecule has 188 valence electrons. The van der Waals surface area contributed by atoms with E-state index in [-0.39, 0.29) is 40.2 Å². The van der Waals surface area contributed by atoms with Crippen molar-refractivity contribution in [2.75, 3.05) is 31.5 Å². The van der Waals surface area contributed by atoms with Crippen molar-refractivity contribution in [3.05, 3.63) is 35.8 Å². The normalized spacial score (nSPS) is 18.9. The highest BCUT2D eigenvalue weighted by Crippen LogP contribution is 2.34. The number of amides is 1. The van der Waals surface area contributed by atoms with E-state index in [4.69, 9.17) is 0 Å². The van der Waals surface area contributed by atoms with Crippen LogP contribution in [0.2, 0.25) is 0 Å². The molecule has 9 nitrogen and oxygen atoms in total. The topological polar surface area (TPSA) is 123 Å². The van der Waals surface area contributed by atoms with Crippen LogP contribution in [-0.2, 0) is 11.0 Å². The fourth-order valence-corrected chi connectivity index (χ4v) is 4.82. The first-order valence-electron chi connectivity index (χ1n) is 11.9. The number of aromatic nitrogens is 4. The Labute approximate surface area is 205 Å². The van der Waals surface area contributed by atoms with Crippen LogP contribution in [0.1, 0.15) is 36.8 Å². The minimum absolute atomic E-state index is 0.0583. The molecule has 0 radical (unpaired) electrons. The van der Waals surface area contributed by atoms with Crippen LogP contribution < -0.4 is 10.6 Å². The number of nitriles is 1. The van der Waals surface area contributed by atoms with Crippen LogP contribution in [0.25, 0.3) is 22.3 Å². The van der Waals surface area contributed by atoms with E-state index in [9.17, 15) is 23.2 Å². The lowest BCUT2D eigenvalue weighted by Crippen LogP contribution is -2.47. The van der Waals surface area contributed by atoms with Crippen LogP contribution in [-0.4, -0.2) is 63.0 Å². The summed E-state index contributed by atoms with van der Waals surface area (Å²) in [6.07, 6.45) is 2.71. The Morgan fingerprint density at radius 3 is 2.72 bits per heavy atom. The van der Waals surface area contributed by atoms with E-state index in [1.165, 1.54) is 12.4 Å². The second kappa shape index (κ2) is 9.73. The third-order valence-electron chi connectivity index (χ3n) is 6.86. The maximum absolute atomic E-state index is 13.2. The first kappa shape index (κ1) is 24.0. The number of hydrogen-bond donors (Lipinski definition) is 3. The number of nitrogens with zero attached hydrogens (tertiary/aromatic N) is 5. The highest BCUT2D eigenvalue weighted by atomic mass is 19.4. The molecule has 0 aromatic carbocycles. The molecule has 0 spiro atoms. The number of pyridine rings is 1. The van der Waals surface area contributed by atoms with E-state index in [0.717, 1.165) is 44.5 Å². The molecule has 36 heavy (non-hydrogen) atoms. The van der Waals surface area contributed by atoms with Crippen LogP contribution >= 0.6 is 0 Å². The standard InChI is InChI=1S/C24H25F3N8O/c25-24(26,27)16-8-17-18(13-31-21(17)30-12-16)20-15(9-28)11-33-23(34-20)32-10-14-3-6-35(7-4-14)22(36)19-2-1-5-29-19/h8,11-14,19,29H,1-7,10H2,(H,30,31)(H,32,33,34)/t19-/m1/s1. The van der Waals surface area contributed by atoms with Crippen molar-refractivity contribution >= 4 is 22.9 Å². The molecule has 1 atom stereocenters. The van der Waals surface area contributed by atoms with Gasteiger partial charge in [-0.1, -0.05) is 0 Å². The van der Waals surface area contributed by atoms with Gasteiger partial charge in [-0.05, 0) is 44.2 Å². The van der Waals surface area contributed by atoms with Crippen molar-refractivity contribution in [3.63, 3.8) is 0 Å². The average molecular weight is 499 g/mol. The molecule has 12 heteroatoms. The number of nitrogens with one attached hydrogen (secondary N) is 3. The van der Waals surface area contributed by atoms with Crippen molar-refractivity contribution < 1.29 is 18.0 Å². The van der Waals surface area contributed by atoms with Crippen molar-refractivity contribution in [1.82, 2.24) is 30.2 Å². The van der Waals surface area contributed by atoms with Gasteiger partial charge in [-0.15, -0.1) is 0 Å². The van der Waals surface area contributed by atoms with E-state index >= 15 is 0 Å². The molecule has 0 bridgehead atoms. The zero-order valence-electron chi connectivity index (χ0n) is 19.4. The highest BCUT2D eigenvalue weighted by molar-refractivity contribution is 5.94. The number of carbonyl (C=O) groups excluding carboxylic acids is 1. The number of anilines is 1. The molecule has 5 heterocycles. The lowest BCUT2D eigenvalue weighted by atomic mass is 9.96. The summed E-state index contributed by atoms with van der Waals surface area (Å²) in [4.78, 5) is 29.9. The van der Waals surface area contributed by atoms with Crippen LogP contribution in [0.4, 0.5) is 19.1 Å². The molecule has 2 saturated heterocycles. The van der Waals surface area contributed by atoms with Gasteiger partial charge in [-0.2, -0.15) is 18.4 Å². The molecule has 3 N–H and O–H groups in total. The first-order valence-corrected chi connectivity index (χ1v) is 11.9. The molecular formula is C24H25F3N8O. The predicted octanol–water partition coefficient (Wildman–Crippen LogP) is 3.31. The summed E-state index contributed by atoms with van der Waals surface area (Å²) < 4.78 is 39.7. The largest absolute Gasteiger partial charge is 0.417 e. The van der Waals surface area contributed by atoms with Gasteiger partial charge in [0, 0.05) is 43.0 Å². The fourth-order valence-electron chi connectivity index (χ4n) is 4.82. The van der Waals surface area contributed by atoms with Crippen LogP contribution in [0.5, 0.6) is 0 Å². The molecule has 0 unspecified atom stereocenters. The Kier molecular flexibility index (Phi) is 6.49. The van der Waals surface area contributed by atoms with Gasteiger partial charge in [0.15, 0.2) is 0 Å². The number of aromatic amines is 1. The van der Waals surface area contributed by atoms with Crippen molar-refractivity contribution in [2.24, 2.45) is 5.92 Å². The van der Waals surface area contributed by atoms with Crippen molar-refractivity contribution in [3.8, 4) is 17.3 Å². The quantitative estimate of drug-likeness (QED) is 0.493. The SMILES string of the molecule is N#Cc1cnc(NCC2CCN(C(=O)[C@H]3CCCN3)CC2)nc1-c1c[nH]c2ncc(C(F)(F)F)cc12. The van der Waals surface area contributed by atoms with Crippen LogP contribution in [0.3, 0.4) is 0 Å². The number of H-pyrrole nitrogens is 1. The van der Waals surface area contributed by atoms with E-state index < -0.39 is 11.7 Å². The lowest BCUT2D eigenvalue weighted by molar-refractivity contribution is -0.137. The summed E-state index contributed by atoms with van der Waals surface area (Å²) >= 11 is 0. The van der Waals surface area contributed by atoms with Crippen molar-refractivity contribution in [1.29, 1.82) is 5.26 Å². The Bertz CT molecular complexity index is 1300. The van der Waals surface area contributed by atoms with Crippen LogP contribution in [0, 0.1) is 17.2 Å². The van der Waals surface area contributed by atoms with E-state index in [2.05, 4.69) is 30.6 Å². The van der Waals surface area contributed by atoms with Gasteiger partial charge >= 0.3 is 6.18 Å². The number of hydrogen-bond acceptors (Lipinski definition) is 7. The minimum atomic E-state index is -4.54. The fraction of sp³-hybridized carbons (Fsp3) is 0.458. The molecular weight excluding hydrogens is 473 g/mol. The van der Waals surface area contributed by atoms with Crippen LogP contribution in [0.15, 0.2) is 24.7 Å². The number of alkyl halides is 3. The third kappa shape index (κ3) is 4.83. The average Bonchev–Trinajstić information content (AvgIpc) is 3.57. The summed E-state index contributed by atoms with van der Waals surface area (Å²) in [6.45, 7) is 2.88. The monoisotopic (exact) mass is 498 g/mol. The minimum Gasteiger partial charge on any atom is -0.354 e. The summed E-state index contributed by atoms with van der Waals surface area (Å²) in [5.41, 5.74) is 0.107. The third-order valence-corrected chi connectivity index (χ3v) is 6.86. The second-order valence-corrected chi connectivity index (χ2v) is 9.19. The predicted molar refractivity (Wildman–Crippen MR) is 126 cm³/mol. The number of piperidine rings is 1. The first-order chi connectivity index (χ1) is 17.3. The number of likely N-dealkylation sites (tertiary alicyclic amines) is 1. The Morgan fingerprint density at radius 1 is 1.22 bits per heavy atom. The zero-order chi connectivity index (χ0) is 25.3. The maximum Gasteiger partial charge on any atom is 0.417 e. The molecule has 0 aliphatic carbocycles. The second-order valence-electron chi connectivity index (χ2n) is 9.19. The molecule has 5 rings (SSSR count). The maximum atomic E-state index is 13.2.